The molecule has 0 aromatic carbocycles. The SMILES string of the molecule is COCCN(CCN)c1nccc2sccc12. The van der Waals surface area contributed by atoms with E-state index in [-0.39, 0.29) is 0 Å². The minimum atomic E-state index is 0.617. The van der Waals surface area contributed by atoms with Crippen LogP contribution in [0, 0.1) is 0 Å². The summed E-state index contributed by atoms with van der Waals surface area (Å²) in [7, 11) is 1.71. The van der Waals surface area contributed by atoms with E-state index in [1.54, 1.807) is 18.4 Å². The summed E-state index contributed by atoms with van der Waals surface area (Å²) in [5.74, 6) is 1.01. The van der Waals surface area contributed by atoms with Gasteiger partial charge in [0.25, 0.3) is 0 Å². The number of ether oxygens (including phenoxy) is 1. The Labute approximate surface area is 105 Å². The largest absolute Gasteiger partial charge is 0.383 e. The number of rotatable bonds is 6. The summed E-state index contributed by atoms with van der Waals surface area (Å²) in [6.07, 6.45) is 1.85. The summed E-state index contributed by atoms with van der Waals surface area (Å²) in [5, 5.41) is 3.29. The van der Waals surface area contributed by atoms with E-state index in [4.69, 9.17) is 10.5 Å². The van der Waals surface area contributed by atoms with Gasteiger partial charge in [-0.2, -0.15) is 0 Å². The number of nitrogens with two attached hydrogens (primary N) is 1. The zero-order valence-electron chi connectivity index (χ0n) is 9.93. The number of aromatic nitrogens is 1. The lowest BCUT2D eigenvalue weighted by molar-refractivity contribution is 0.205. The first-order valence-corrected chi connectivity index (χ1v) is 6.51. The molecule has 0 atom stereocenters. The van der Waals surface area contributed by atoms with Crippen molar-refractivity contribution in [1.82, 2.24) is 4.98 Å². The van der Waals surface area contributed by atoms with Crippen LogP contribution < -0.4 is 10.6 Å². The van der Waals surface area contributed by atoms with Crippen LogP contribution in [-0.4, -0.2) is 38.3 Å². The number of nitrogens with zero attached hydrogens (tertiary/aromatic N) is 2. The van der Waals surface area contributed by atoms with Crippen molar-refractivity contribution in [2.24, 2.45) is 5.73 Å². The molecule has 92 valence electrons. The maximum atomic E-state index is 5.65. The highest BCUT2D eigenvalue weighted by Crippen LogP contribution is 2.28. The molecule has 0 spiro atoms. The van der Waals surface area contributed by atoms with E-state index in [0.29, 0.717) is 13.2 Å². The summed E-state index contributed by atoms with van der Waals surface area (Å²) in [4.78, 5) is 6.65. The van der Waals surface area contributed by atoms with Crippen molar-refractivity contribution >= 4 is 27.2 Å². The van der Waals surface area contributed by atoms with Gasteiger partial charge in [-0.05, 0) is 17.5 Å². The molecule has 2 heterocycles. The second-order valence-electron chi connectivity index (χ2n) is 3.74. The number of pyridine rings is 1. The van der Waals surface area contributed by atoms with E-state index >= 15 is 0 Å². The van der Waals surface area contributed by atoms with E-state index in [1.165, 1.54) is 10.1 Å². The lowest BCUT2D eigenvalue weighted by atomic mass is 10.3. The Balaban J connectivity index is 2.30. The number of thiophene rings is 1. The standard InChI is InChI=1S/C12H17N3OS/c1-16-8-7-15(6-4-13)12-10-3-9-17-11(10)2-5-14-12/h2-3,5,9H,4,6-8,13H2,1H3. The van der Waals surface area contributed by atoms with Crippen molar-refractivity contribution in [3.8, 4) is 0 Å². The molecule has 2 aromatic heterocycles. The molecule has 0 unspecified atom stereocenters. The Bertz CT molecular complexity index is 471. The van der Waals surface area contributed by atoms with Crippen LogP contribution in [-0.2, 0) is 4.74 Å². The predicted octanol–water partition coefficient (Wildman–Crippen LogP) is 1.71. The maximum Gasteiger partial charge on any atom is 0.137 e. The van der Waals surface area contributed by atoms with Crippen LogP contribution in [0.25, 0.3) is 10.1 Å². The van der Waals surface area contributed by atoms with E-state index in [1.807, 2.05) is 12.3 Å². The first-order chi connectivity index (χ1) is 8.36. The molecule has 4 nitrogen and oxygen atoms in total. The normalized spacial score (nSPS) is 10.9. The van der Waals surface area contributed by atoms with Gasteiger partial charge in [-0.15, -0.1) is 11.3 Å². The smallest absolute Gasteiger partial charge is 0.137 e. The lowest BCUT2D eigenvalue weighted by Gasteiger charge is -2.23. The minimum absolute atomic E-state index is 0.617. The van der Waals surface area contributed by atoms with Gasteiger partial charge in [0.2, 0.25) is 0 Å². The summed E-state index contributed by atoms with van der Waals surface area (Å²) in [5.41, 5.74) is 5.65. The molecule has 0 fully saturated rings. The first-order valence-electron chi connectivity index (χ1n) is 5.63. The number of hydrogen-bond donors (Lipinski definition) is 1. The van der Waals surface area contributed by atoms with Gasteiger partial charge in [0.1, 0.15) is 5.82 Å². The third-order valence-electron chi connectivity index (χ3n) is 2.62. The van der Waals surface area contributed by atoms with Gasteiger partial charge in [0.15, 0.2) is 0 Å². The fourth-order valence-corrected chi connectivity index (χ4v) is 2.59. The predicted molar refractivity (Wildman–Crippen MR) is 72.8 cm³/mol. The number of hydrogen-bond acceptors (Lipinski definition) is 5. The van der Waals surface area contributed by atoms with Crippen molar-refractivity contribution < 1.29 is 4.74 Å². The molecule has 0 aliphatic carbocycles. The summed E-state index contributed by atoms with van der Waals surface area (Å²) in [6, 6.07) is 4.15. The Morgan fingerprint density at radius 3 is 3.06 bits per heavy atom. The fourth-order valence-electron chi connectivity index (χ4n) is 1.81. The van der Waals surface area contributed by atoms with Gasteiger partial charge >= 0.3 is 0 Å². The molecule has 0 bridgehead atoms. The Morgan fingerprint density at radius 2 is 2.29 bits per heavy atom. The van der Waals surface area contributed by atoms with E-state index in [2.05, 4.69) is 21.3 Å². The molecule has 0 radical (unpaired) electrons. The molecular weight excluding hydrogens is 234 g/mol. The summed E-state index contributed by atoms with van der Waals surface area (Å²) in [6.45, 7) is 2.91. The average molecular weight is 251 g/mol. The van der Waals surface area contributed by atoms with Crippen LogP contribution in [0.4, 0.5) is 5.82 Å². The summed E-state index contributed by atoms with van der Waals surface area (Å²) >= 11 is 1.73. The molecule has 2 N–H and O–H groups in total. The molecule has 0 saturated carbocycles. The van der Waals surface area contributed by atoms with Gasteiger partial charge in [0, 0.05) is 43.0 Å². The van der Waals surface area contributed by atoms with Gasteiger partial charge in [-0.25, -0.2) is 4.98 Å². The highest BCUT2D eigenvalue weighted by molar-refractivity contribution is 7.17. The van der Waals surface area contributed by atoms with Crippen LogP contribution in [0.3, 0.4) is 0 Å². The lowest BCUT2D eigenvalue weighted by Crippen LogP contribution is -2.33. The first kappa shape index (κ1) is 12.3. The Kier molecular flexibility index (Phi) is 4.30. The van der Waals surface area contributed by atoms with Crippen LogP contribution in [0.15, 0.2) is 23.7 Å². The van der Waals surface area contributed by atoms with Gasteiger partial charge < -0.3 is 15.4 Å². The molecule has 2 rings (SSSR count). The highest BCUT2D eigenvalue weighted by Gasteiger charge is 2.11. The zero-order valence-corrected chi connectivity index (χ0v) is 10.7. The van der Waals surface area contributed by atoms with Crippen molar-refractivity contribution in [1.29, 1.82) is 0 Å². The molecule has 0 amide bonds. The Hall–Kier alpha value is -1.17. The highest BCUT2D eigenvalue weighted by atomic mass is 32.1. The molecule has 0 aliphatic rings. The van der Waals surface area contributed by atoms with Crippen molar-refractivity contribution in [3.63, 3.8) is 0 Å². The van der Waals surface area contributed by atoms with Crippen LogP contribution in [0.2, 0.25) is 0 Å². The van der Waals surface area contributed by atoms with E-state index < -0.39 is 0 Å². The topological polar surface area (TPSA) is 51.4 Å². The number of anilines is 1. The molecule has 2 aromatic rings. The second-order valence-corrected chi connectivity index (χ2v) is 4.68. The van der Waals surface area contributed by atoms with Crippen LogP contribution in [0.5, 0.6) is 0 Å². The number of methoxy groups -OCH3 is 1. The van der Waals surface area contributed by atoms with Gasteiger partial charge in [-0.1, -0.05) is 0 Å². The van der Waals surface area contributed by atoms with E-state index in [9.17, 15) is 0 Å². The molecule has 0 saturated heterocycles. The second kappa shape index (κ2) is 5.95. The zero-order chi connectivity index (χ0) is 12.1. The van der Waals surface area contributed by atoms with Crippen LogP contribution in [0.1, 0.15) is 0 Å². The minimum Gasteiger partial charge on any atom is -0.383 e. The van der Waals surface area contributed by atoms with E-state index in [0.717, 1.165) is 18.9 Å². The number of fused-ring (bicyclic) bond motifs is 1. The quantitative estimate of drug-likeness (QED) is 0.849. The van der Waals surface area contributed by atoms with Crippen molar-refractivity contribution in [3.05, 3.63) is 23.7 Å². The molecular formula is C12H17N3OS. The third kappa shape index (κ3) is 2.74. The molecule has 5 heteroatoms. The maximum absolute atomic E-state index is 5.65. The van der Waals surface area contributed by atoms with Crippen molar-refractivity contribution in [2.75, 3.05) is 38.3 Å². The van der Waals surface area contributed by atoms with Crippen molar-refractivity contribution in [2.45, 2.75) is 0 Å². The molecule has 17 heavy (non-hydrogen) atoms. The van der Waals surface area contributed by atoms with Gasteiger partial charge in [0.05, 0.1) is 6.61 Å². The average Bonchev–Trinajstić information content (AvgIpc) is 2.82. The monoisotopic (exact) mass is 251 g/mol. The fraction of sp³-hybridized carbons (Fsp3) is 0.417. The van der Waals surface area contributed by atoms with Gasteiger partial charge in [-0.3, -0.25) is 0 Å². The third-order valence-corrected chi connectivity index (χ3v) is 3.50. The molecule has 0 aliphatic heterocycles. The van der Waals surface area contributed by atoms with Crippen LogP contribution >= 0.6 is 11.3 Å². The summed E-state index contributed by atoms with van der Waals surface area (Å²) < 4.78 is 6.38. The Morgan fingerprint density at radius 1 is 1.41 bits per heavy atom.